The molecule has 1 aliphatic heterocycles. The Hall–Kier alpha value is -0.330. The second kappa shape index (κ2) is 7.09. The highest BCUT2D eigenvalue weighted by atomic mass is 35.5. The van der Waals surface area contributed by atoms with Crippen molar-refractivity contribution in [3.63, 3.8) is 0 Å². The summed E-state index contributed by atoms with van der Waals surface area (Å²) < 4.78 is 21.6. The van der Waals surface area contributed by atoms with Crippen molar-refractivity contribution >= 4 is 28.2 Å². The fourth-order valence-electron chi connectivity index (χ4n) is 1.56. The van der Waals surface area contributed by atoms with Crippen molar-refractivity contribution in [1.29, 1.82) is 0 Å². The van der Waals surface area contributed by atoms with E-state index < -0.39 is 9.84 Å². The number of amides is 1. The van der Waals surface area contributed by atoms with Crippen molar-refractivity contribution in [2.45, 2.75) is 25.3 Å². The summed E-state index contributed by atoms with van der Waals surface area (Å²) in [5.41, 5.74) is 0. The van der Waals surface area contributed by atoms with Crippen molar-refractivity contribution in [3.05, 3.63) is 0 Å². The molecule has 0 aromatic carbocycles. The summed E-state index contributed by atoms with van der Waals surface area (Å²) in [7, 11) is -2.99. The molecule has 2 N–H and O–H groups in total. The molecule has 0 bridgehead atoms. The summed E-state index contributed by atoms with van der Waals surface area (Å²) in [5, 5.41) is 5.73. The van der Waals surface area contributed by atoms with Gasteiger partial charge in [-0.25, -0.2) is 8.42 Å². The summed E-state index contributed by atoms with van der Waals surface area (Å²) in [6.45, 7) is 1.07. The Morgan fingerprint density at radius 3 is 2.62 bits per heavy atom. The van der Waals surface area contributed by atoms with Gasteiger partial charge in [0.2, 0.25) is 5.91 Å². The van der Waals surface area contributed by atoms with Crippen LogP contribution in [0.5, 0.6) is 0 Å². The lowest BCUT2D eigenvalue weighted by atomic mass is 10.0. The molecular formula is C9H19ClN2O3S. The minimum absolute atomic E-state index is 0. The van der Waals surface area contributed by atoms with Gasteiger partial charge in [-0.15, -0.1) is 12.4 Å². The quantitative estimate of drug-likeness (QED) is 0.736. The summed E-state index contributed by atoms with van der Waals surface area (Å²) in [6.07, 6.45) is 4.16. The van der Waals surface area contributed by atoms with Gasteiger partial charge >= 0.3 is 0 Å². The fraction of sp³-hybridized carbons (Fsp3) is 0.889. The third kappa shape index (κ3) is 6.30. The largest absolute Gasteiger partial charge is 0.354 e. The van der Waals surface area contributed by atoms with E-state index in [1.807, 2.05) is 0 Å². The van der Waals surface area contributed by atoms with Crippen LogP contribution < -0.4 is 10.6 Å². The summed E-state index contributed by atoms with van der Waals surface area (Å²) in [4.78, 5) is 11.5. The van der Waals surface area contributed by atoms with Gasteiger partial charge in [0.15, 0.2) is 0 Å². The zero-order valence-electron chi connectivity index (χ0n) is 9.36. The van der Waals surface area contributed by atoms with Crippen LogP contribution in [0.25, 0.3) is 0 Å². The second-order valence-corrected chi connectivity index (χ2v) is 6.18. The van der Waals surface area contributed by atoms with Gasteiger partial charge in [-0.1, -0.05) is 6.42 Å². The molecule has 1 atom stereocenters. The first-order valence-electron chi connectivity index (χ1n) is 5.18. The predicted molar refractivity (Wildman–Crippen MR) is 65.6 cm³/mol. The van der Waals surface area contributed by atoms with Crippen LogP contribution in [-0.2, 0) is 14.6 Å². The molecule has 0 aromatic heterocycles. The highest BCUT2D eigenvalue weighted by molar-refractivity contribution is 7.90. The van der Waals surface area contributed by atoms with E-state index in [9.17, 15) is 13.2 Å². The molecule has 1 saturated heterocycles. The molecule has 16 heavy (non-hydrogen) atoms. The van der Waals surface area contributed by atoms with Crippen LogP contribution in [0, 0.1) is 0 Å². The molecule has 1 heterocycles. The second-order valence-electron chi connectivity index (χ2n) is 3.92. The van der Waals surface area contributed by atoms with E-state index in [0.717, 1.165) is 32.1 Å². The van der Waals surface area contributed by atoms with Gasteiger partial charge in [-0.2, -0.15) is 0 Å². The van der Waals surface area contributed by atoms with Crippen LogP contribution in [0.2, 0.25) is 0 Å². The number of hydrogen-bond donors (Lipinski definition) is 2. The van der Waals surface area contributed by atoms with E-state index in [2.05, 4.69) is 10.6 Å². The Balaban J connectivity index is 0.00000225. The molecular weight excluding hydrogens is 252 g/mol. The molecule has 1 amide bonds. The normalized spacial score (nSPS) is 20.9. The van der Waals surface area contributed by atoms with E-state index >= 15 is 0 Å². The Kier molecular flexibility index (Phi) is 6.94. The van der Waals surface area contributed by atoms with Crippen molar-refractivity contribution in [2.75, 3.05) is 25.1 Å². The number of carbonyl (C=O) groups is 1. The number of piperidine rings is 1. The number of hydrogen-bond acceptors (Lipinski definition) is 4. The molecule has 0 aliphatic carbocycles. The molecule has 0 spiro atoms. The van der Waals surface area contributed by atoms with Gasteiger partial charge in [0.05, 0.1) is 11.8 Å². The maximum Gasteiger partial charge on any atom is 0.237 e. The molecule has 0 radical (unpaired) electrons. The van der Waals surface area contributed by atoms with E-state index in [4.69, 9.17) is 0 Å². The van der Waals surface area contributed by atoms with Crippen LogP contribution in [0.1, 0.15) is 19.3 Å². The fourth-order valence-corrected chi connectivity index (χ4v) is 2.03. The van der Waals surface area contributed by atoms with Crippen LogP contribution >= 0.6 is 12.4 Å². The van der Waals surface area contributed by atoms with Gasteiger partial charge in [0, 0.05) is 12.8 Å². The number of nitrogens with one attached hydrogen (secondary N) is 2. The Morgan fingerprint density at radius 1 is 1.44 bits per heavy atom. The van der Waals surface area contributed by atoms with Crippen molar-refractivity contribution in [2.24, 2.45) is 0 Å². The van der Waals surface area contributed by atoms with Crippen LogP contribution in [0.3, 0.4) is 0 Å². The third-order valence-electron chi connectivity index (χ3n) is 2.40. The minimum Gasteiger partial charge on any atom is -0.354 e. The number of halogens is 1. The van der Waals surface area contributed by atoms with E-state index in [1.54, 1.807) is 0 Å². The Labute approximate surface area is 103 Å². The monoisotopic (exact) mass is 270 g/mol. The average molecular weight is 271 g/mol. The van der Waals surface area contributed by atoms with Crippen molar-refractivity contribution in [1.82, 2.24) is 10.6 Å². The Bertz CT molecular complexity index is 313. The first-order valence-corrected chi connectivity index (χ1v) is 7.24. The third-order valence-corrected chi connectivity index (χ3v) is 3.34. The van der Waals surface area contributed by atoms with Crippen molar-refractivity contribution in [3.8, 4) is 0 Å². The molecule has 96 valence electrons. The van der Waals surface area contributed by atoms with E-state index in [1.165, 1.54) is 0 Å². The van der Waals surface area contributed by atoms with Gasteiger partial charge in [-0.05, 0) is 19.4 Å². The molecule has 1 aliphatic rings. The minimum atomic E-state index is -2.99. The topological polar surface area (TPSA) is 75.3 Å². The van der Waals surface area contributed by atoms with E-state index in [-0.39, 0.29) is 36.7 Å². The first kappa shape index (κ1) is 15.7. The molecule has 0 unspecified atom stereocenters. The SMILES string of the molecule is CS(=O)(=O)CCNC(=O)[C@H]1CCCCN1.Cl. The average Bonchev–Trinajstić information content (AvgIpc) is 2.17. The lowest BCUT2D eigenvalue weighted by molar-refractivity contribution is -0.123. The summed E-state index contributed by atoms with van der Waals surface area (Å²) in [6, 6.07) is -0.140. The predicted octanol–water partition coefficient (Wildman–Crippen LogP) is -0.289. The van der Waals surface area contributed by atoms with Gasteiger partial charge in [-0.3, -0.25) is 4.79 Å². The van der Waals surface area contributed by atoms with Crippen molar-refractivity contribution < 1.29 is 13.2 Å². The summed E-state index contributed by atoms with van der Waals surface area (Å²) >= 11 is 0. The summed E-state index contributed by atoms with van der Waals surface area (Å²) in [5.74, 6) is -0.0794. The first-order chi connectivity index (χ1) is 6.99. The molecule has 1 rings (SSSR count). The molecule has 5 nitrogen and oxygen atoms in total. The molecule has 0 aromatic rings. The van der Waals surface area contributed by atoms with Crippen LogP contribution in [0.15, 0.2) is 0 Å². The highest BCUT2D eigenvalue weighted by Gasteiger charge is 2.19. The standard InChI is InChI=1S/C9H18N2O3S.ClH/c1-15(13,14)7-6-11-9(12)8-4-2-3-5-10-8;/h8,10H,2-7H2,1H3,(H,11,12);1H/t8-;/m1./s1. The van der Waals surface area contributed by atoms with Gasteiger partial charge in [0.1, 0.15) is 9.84 Å². The highest BCUT2D eigenvalue weighted by Crippen LogP contribution is 2.06. The zero-order valence-corrected chi connectivity index (χ0v) is 11.0. The van der Waals surface area contributed by atoms with Crippen LogP contribution in [0.4, 0.5) is 0 Å². The number of carbonyl (C=O) groups excluding carboxylic acids is 1. The lowest BCUT2D eigenvalue weighted by Gasteiger charge is -2.22. The number of rotatable bonds is 4. The maximum atomic E-state index is 11.5. The maximum absolute atomic E-state index is 11.5. The van der Waals surface area contributed by atoms with E-state index in [0.29, 0.717) is 0 Å². The smallest absolute Gasteiger partial charge is 0.237 e. The molecule has 0 saturated carbocycles. The molecule has 1 fully saturated rings. The molecule has 7 heteroatoms. The van der Waals surface area contributed by atoms with Gasteiger partial charge < -0.3 is 10.6 Å². The zero-order chi connectivity index (χ0) is 11.3. The van der Waals surface area contributed by atoms with Crippen LogP contribution in [-0.4, -0.2) is 45.5 Å². The lowest BCUT2D eigenvalue weighted by Crippen LogP contribution is -2.47. The Morgan fingerprint density at radius 2 is 2.12 bits per heavy atom. The van der Waals surface area contributed by atoms with Gasteiger partial charge in [0.25, 0.3) is 0 Å². The number of sulfone groups is 1.